The molecule has 156 valence electrons. The first-order valence-corrected chi connectivity index (χ1v) is 10.6. The largest absolute Gasteiger partial charge is 0.351 e. The lowest BCUT2D eigenvalue weighted by Gasteiger charge is -2.49. The van der Waals surface area contributed by atoms with Crippen molar-refractivity contribution in [2.45, 2.75) is 57.0 Å². The van der Waals surface area contributed by atoms with E-state index in [0.717, 1.165) is 31.2 Å². The predicted octanol–water partition coefficient (Wildman–Crippen LogP) is 4.77. The average Bonchev–Trinajstić information content (AvgIpc) is 2.75. The minimum atomic E-state index is -1.15. The summed E-state index contributed by atoms with van der Waals surface area (Å²) >= 11 is 0. The number of nitrogens with zero attached hydrogens (tertiary/aromatic N) is 1. The Hall–Kier alpha value is -2.95. The number of anilines is 1. The van der Waals surface area contributed by atoms with Crippen LogP contribution in [-0.2, 0) is 9.59 Å². The van der Waals surface area contributed by atoms with Gasteiger partial charge in [-0.25, -0.2) is 4.39 Å². The van der Waals surface area contributed by atoms with Crippen molar-refractivity contribution in [3.05, 3.63) is 71.6 Å². The van der Waals surface area contributed by atoms with Crippen LogP contribution in [0.3, 0.4) is 0 Å². The van der Waals surface area contributed by atoms with Crippen LogP contribution < -0.4 is 10.2 Å². The predicted molar refractivity (Wildman–Crippen MR) is 116 cm³/mol. The highest BCUT2D eigenvalue weighted by molar-refractivity contribution is 6.15. The lowest BCUT2D eigenvalue weighted by atomic mass is 9.80. The van der Waals surface area contributed by atoms with Crippen molar-refractivity contribution in [1.82, 2.24) is 5.32 Å². The van der Waals surface area contributed by atoms with Gasteiger partial charge in [-0.2, -0.15) is 0 Å². The summed E-state index contributed by atoms with van der Waals surface area (Å²) in [6.45, 7) is 1.68. The molecule has 1 atom stereocenters. The smallest absolute Gasteiger partial charge is 0.251 e. The number of carbonyl (C=O) groups is 2. The van der Waals surface area contributed by atoms with Gasteiger partial charge in [-0.05, 0) is 49.1 Å². The molecule has 1 unspecified atom stereocenters. The molecule has 1 aliphatic heterocycles. The van der Waals surface area contributed by atoms with Crippen LogP contribution in [0.25, 0.3) is 6.08 Å². The Morgan fingerprint density at radius 1 is 1.13 bits per heavy atom. The number of rotatable bonds is 5. The third-order valence-electron chi connectivity index (χ3n) is 6.17. The van der Waals surface area contributed by atoms with Crippen molar-refractivity contribution in [2.75, 3.05) is 4.90 Å². The Bertz CT molecular complexity index is 966. The number of halogens is 1. The summed E-state index contributed by atoms with van der Waals surface area (Å²) in [6, 6.07) is 14.5. The Morgan fingerprint density at radius 2 is 1.87 bits per heavy atom. The third-order valence-corrected chi connectivity index (χ3v) is 6.17. The Balaban J connectivity index is 1.68. The van der Waals surface area contributed by atoms with Gasteiger partial charge in [0.25, 0.3) is 5.91 Å². The first-order chi connectivity index (χ1) is 14.5. The van der Waals surface area contributed by atoms with Crippen LogP contribution in [0.4, 0.5) is 10.1 Å². The fraction of sp³-hybridized carbons (Fsp3) is 0.360. The number of nitrogens with one attached hydrogen (secondary N) is 1. The van der Waals surface area contributed by atoms with Crippen LogP contribution in [0, 0.1) is 12.7 Å². The second-order valence-corrected chi connectivity index (χ2v) is 8.32. The molecule has 2 aliphatic rings. The minimum absolute atomic E-state index is 0.0738. The normalized spacial score (nSPS) is 22.2. The molecular formula is C25H27FN2O2. The van der Waals surface area contributed by atoms with E-state index in [4.69, 9.17) is 0 Å². The Morgan fingerprint density at radius 3 is 2.53 bits per heavy atom. The van der Waals surface area contributed by atoms with E-state index in [1.54, 1.807) is 25.1 Å². The number of aryl methyl sites for hydroxylation is 1. The van der Waals surface area contributed by atoms with Gasteiger partial charge in [-0.3, -0.25) is 14.5 Å². The quantitative estimate of drug-likeness (QED) is 0.727. The first-order valence-electron chi connectivity index (χ1n) is 10.6. The molecule has 5 heteroatoms. The number of benzene rings is 2. The molecule has 1 saturated heterocycles. The molecule has 30 heavy (non-hydrogen) atoms. The van der Waals surface area contributed by atoms with Gasteiger partial charge in [-0.1, -0.05) is 61.7 Å². The highest BCUT2D eigenvalue weighted by Crippen LogP contribution is 2.40. The zero-order valence-electron chi connectivity index (χ0n) is 17.2. The number of β-lactam (4-membered cyclic amide) rings is 1. The van der Waals surface area contributed by atoms with E-state index >= 15 is 0 Å². The molecule has 1 saturated carbocycles. The molecular weight excluding hydrogens is 379 g/mol. The summed E-state index contributed by atoms with van der Waals surface area (Å²) in [5.41, 5.74) is 0.706. The Kier molecular flexibility index (Phi) is 5.71. The highest BCUT2D eigenvalue weighted by atomic mass is 19.1. The van der Waals surface area contributed by atoms with Crippen LogP contribution in [0.15, 0.2) is 54.6 Å². The van der Waals surface area contributed by atoms with E-state index in [1.165, 1.54) is 17.4 Å². The van der Waals surface area contributed by atoms with Crippen LogP contribution in [-0.4, -0.2) is 23.4 Å². The average molecular weight is 407 g/mol. The molecule has 1 N–H and O–H groups in total. The van der Waals surface area contributed by atoms with Gasteiger partial charge in [0.1, 0.15) is 5.82 Å². The van der Waals surface area contributed by atoms with Crippen molar-refractivity contribution in [2.24, 2.45) is 0 Å². The zero-order chi connectivity index (χ0) is 21.1. The first kappa shape index (κ1) is 20.3. The third kappa shape index (κ3) is 3.89. The lowest BCUT2D eigenvalue weighted by Crippen LogP contribution is -2.70. The standard InChI is InChI=1S/C25H27FN2O2/c1-18-12-13-21(16-22(18)26)28-23(29)17-25(28,15-14-19-8-4-2-5-9-19)24(30)27-20-10-6-3-7-11-20/h2,4-5,8-9,12-16,20H,3,6-7,10-11,17H2,1H3,(H,27,30). The fourth-order valence-electron chi connectivity index (χ4n) is 4.36. The lowest BCUT2D eigenvalue weighted by molar-refractivity contribution is -0.137. The molecule has 0 radical (unpaired) electrons. The van der Waals surface area contributed by atoms with Gasteiger partial charge in [0.15, 0.2) is 5.54 Å². The summed E-state index contributed by atoms with van der Waals surface area (Å²) in [5.74, 6) is -0.766. The molecule has 4 rings (SSSR count). The fourth-order valence-corrected chi connectivity index (χ4v) is 4.36. The molecule has 2 fully saturated rings. The van der Waals surface area contributed by atoms with Gasteiger partial charge >= 0.3 is 0 Å². The van der Waals surface area contributed by atoms with Crippen molar-refractivity contribution < 1.29 is 14.0 Å². The Labute approximate surface area is 176 Å². The van der Waals surface area contributed by atoms with E-state index in [9.17, 15) is 14.0 Å². The van der Waals surface area contributed by atoms with Crippen molar-refractivity contribution in [3.63, 3.8) is 0 Å². The number of hydrogen-bond acceptors (Lipinski definition) is 2. The topological polar surface area (TPSA) is 49.4 Å². The summed E-state index contributed by atoms with van der Waals surface area (Å²) in [5, 5.41) is 3.17. The molecule has 0 bridgehead atoms. The van der Waals surface area contributed by atoms with Crippen LogP contribution in [0.2, 0.25) is 0 Å². The summed E-state index contributed by atoms with van der Waals surface area (Å²) in [6.07, 6.45) is 9.04. The summed E-state index contributed by atoms with van der Waals surface area (Å²) in [4.78, 5) is 27.5. The van der Waals surface area contributed by atoms with Crippen molar-refractivity contribution in [3.8, 4) is 0 Å². The molecule has 2 aromatic rings. The monoisotopic (exact) mass is 406 g/mol. The maximum Gasteiger partial charge on any atom is 0.251 e. The van der Waals surface area contributed by atoms with Crippen molar-refractivity contribution in [1.29, 1.82) is 0 Å². The maximum atomic E-state index is 14.2. The molecule has 4 nitrogen and oxygen atoms in total. The molecule has 0 aromatic heterocycles. The van der Waals surface area contributed by atoms with Crippen LogP contribution in [0.5, 0.6) is 0 Å². The van der Waals surface area contributed by atoms with Gasteiger partial charge in [0.2, 0.25) is 5.91 Å². The molecule has 1 aliphatic carbocycles. The summed E-state index contributed by atoms with van der Waals surface area (Å²) < 4.78 is 14.2. The molecule has 0 spiro atoms. The second kappa shape index (κ2) is 8.42. The van der Waals surface area contributed by atoms with E-state index in [2.05, 4.69) is 5.32 Å². The molecule has 1 heterocycles. The highest BCUT2D eigenvalue weighted by Gasteiger charge is 2.56. The zero-order valence-corrected chi connectivity index (χ0v) is 17.2. The molecule has 2 amide bonds. The van der Waals surface area contributed by atoms with E-state index in [-0.39, 0.29) is 30.1 Å². The van der Waals surface area contributed by atoms with Gasteiger partial charge < -0.3 is 5.32 Å². The van der Waals surface area contributed by atoms with Gasteiger partial charge in [0.05, 0.1) is 6.42 Å². The molecule has 2 aromatic carbocycles. The second-order valence-electron chi connectivity index (χ2n) is 8.32. The van der Waals surface area contributed by atoms with Gasteiger partial charge in [-0.15, -0.1) is 0 Å². The van der Waals surface area contributed by atoms with E-state index < -0.39 is 5.54 Å². The van der Waals surface area contributed by atoms with Crippen LogP contribution in [0.1, 0.15) is 49.7 Å². The van der Waals surface area contributed by atoms with Crippen LogP contribution >= 0.6 is 0 Å². The van der Waals surface area contributed by atoms with Crippen molar-refractivity contribution >= 4 is 23.6 Å². The van der Waals surface area contributed by atoms with E-state index in [0.29, 0.717) is 11.3 Å². The number of hydrogen-bond donors (Lipinski definition) is 1. The number of carbonyl (C=O) groups excluding carboxylic acids is 2. The summed E-state index contributed by atoms with van der Waals surface area (Å²) in [7, 11) is 0. The van der Waals surface area contributed by atoms with E-state index in [1.807, 2.05) is 36.4 Å². The maximum absolute atomic E-state index is 14.2. The van der Waals surface area contributed by atoms with Gasteiger partial charge in [0, 0.05) is 11.7 Å². The minimum Gasteiger partial charge on any atom is -0.351 e. The SMILES string of the molecule is Cc1ccc(N2C(=O)CC2(C=Cc2ccccc2)C(=O)NC2CCCCC2)cc1F. The number of amides is 2.